The van der Waals surface area contributed by atoms with Crippen LogP contribution in [0.3, 0.4) is 0 Å². The maximum absolute atomic E-state index is 12.5. The van der Waals surface area contributed by atoms with Crippen LogP contribution < -0.4 is 9.44 Å². The van der Waals surface area contributed by atoms with Crippen molar-refractivity contribution in [3.63, 3.8) is 0 Å². The number of nitrogens with zero attached hydrogens (tertiary/aromatic N) is 4. The third kappa shape index (κ3) is 7.55. The van der Waals surface area contributed by atoms with Gasteiger partial charge in [-0.05, 0) is 48.5 Å². The molecule has 4 aromatic carbocycles. The minimum Gasteiger partial charge on any atom is -0.390 e. The van der Waals surface area contributed by atoms with Crippen LogP contribution in [0, 0.1) is 0 Å². The molecular weight excluding hydrogens is 629 g/mol. The first-order valence-electron chi connectivity index (χ1n) is 13.7. The van der Waals surface area contributed by atoms with Gasteiger partial charge in [-0.2, -0.15) is 10.2 Å². The average molecular weight is 657 g/mol. The quantitative estimate of drug-likeness (QED) is 0.179. The zero-order valence-corrected chi connectivity index (χ0v) is 25.7. The van der Waals surface area contributed by atoms with E-state index in [4.69, 9.17) is 0 Å². The lowest BCUT2D eigenvalue weighted by Gasteiger charge is -2.10. The summed E-state index contributed by atoms with van der Waals surface area (Å²) in [5.74, 6) is 0.464. The van der Waals surface area contributed by atoms with Gasteiger partial charge in [-0.25, -0.2) is 26.2 Å². The van der Waals surface area contributed by atoms with Crippen LogP contribution in [0.2, 0.25) is 0 Å². The van der Waals surface area contributed by atoms with Gasteiger partial charge >= 0.3 is 0 Å². The second kappa shape index (κ2) is 14.0. The molecule has 0 spiro atoms. The summed E-state index contributed by atoms with van der Waals surface area (Å²) in [6, 6.07) is 37.0. The Balaban J connectivity index is 0.000000181. The molecule has 0 aliphatic heterocycles. The third-order valence-electron chi connectivity index (χ3n) is 6.36. The standard InChI is InChI=1S/C16H15N3O3S.C16H13N3O3S/c2*20-12-13-11-16(19(17-13)14-7-3-1-4-8-14)18-23(21,22)15-9-5-2-6-10-15/h1-11,18,20H,12H2;1-12,18H. The number of aliphatic hydroxyl groups is 1. The van der Waals surface area contributed by atoms with Crippen molar-refractivity contribution in [1.29, 1.82) is 0 Å². The molecule has 0 amide bonds. The maximum atomic E-state index is 12.5. The second-order valence-electron chi connectivity index (χ2n) is 9.58. The summed E-state index contributed by atoms with van der Waals surface area (Å²) in [6.07, 6.45) is 0.569. The predicted molar refractivity (Wildman–Crippen MR) is 173 cm³/mol. The monoisotopic (exact) mass is 656 g/mol. The molecule has 0 fully saturated rings. The second-order valence-corrected chi connectivity index (χ2v) is 12.9. The number of para-hydroxylation sites is 2. The maximum Gasteiger partial charge on any atom is 0.263 e. The summed E-state index contributed by atoms with van der Waals surface area (Å²) >= 11 is 0. The molecular formula is C32H28N6O6S2. The van der Waals surface area contributed by atoms with E-state index < -0.39 is 20.0 Å². The van der Waals surface area contributed by atoms with Gasteiger partial charge in [-0.1, -0.05) is 72.8 Å². The Labute approximate surface area is 265 Å². The van der Waals surface area contributed by atoms with Crippen LogP contribution in [-0.2, 0) is 26.7 Å². The van der Waals surface area contributed by atoms with Crippen molar-refractivity contribution in [2.24, 2.45) is 0 Å². The van der Waals surface area contributed by atoms with E-state index in [-0.39, 0.29) is 33.7 Å². The van der Waals surface area contributed by atoms with E-state index in [1.165, 1.54) is 45.8 Å². The number of anilines is 2. The topological polar surface area (TPSA) is 165 Å². The molecule has 0 aliphatic carbocycles. The summed E-state index contributed by atoms with van der Waals surface area (Å²) in [6.45, 7) is -0.278. The number of aromatic nitrogens is 4. The van der Waals surface area contributed by atoms with Crippen LogP contribution in [-0.4, -0.2) is 47.8 Å². The lowest BCUT2D eigenvalue weighted by atomic mass is 10.3. The molecule has 2 aromatic heterocycles. The Kier molecular flexibility index (Phi) is 9.71. The van der Waals surface area contributed by atoms with Crippen molar-refractivity contribution in [3.8, 4) is 11.4 Å². The van der Waals surface area contributed by atoms with Crippen LogP contribution in [0.15, 0.2) is 143 Å². The first-order chi connectivity index (χ1) is 22.2. The van der Waals surface area contributed by atoms with E-state index in [1.807, 2.05) is 24.3 Å². The van der Waals surface area contributed by atoms with Crippen molar-refractivity contribution in [2.45, 2.75) is 16.4 Å². The van der Waals surface area contributed by atoms with Crippen LogP contribution >= 0.6 is 0 Å². The first-order valence-corrected chi connectivity index (χ1v) is 16.7. The Bertz CT molecular complexity index is 2120. The number of carbonyl (C=O) groups is 1. The minimum atomic E-state index is -3.77. The van der Waals surface area contributed by atoms with E-state index in [1.54, 1.807) is 72.8 Å². The zero-order chi connectivity index (χ0) is 32.6. The lowest BCUT2D eigenvalue weighted by molar-refractivity contribution is 0.111. The third-order valence-corrected chi connectivity index (χ3v) is 9.10. The summed E-state index contributed by atoms with van der Waals surface area (Å²) < 4.78 is 57.6. The molecule has 2 heterocycles. The molecule has 0 saturated carbocycles. The van der Waals surface area contributed by atoms with Crippen LogP contribution in [0.4, 0.5) is 11.6 Å². The number of hydrogen-bond donors (Lipinski definition) is 3. The smallest absolute Gasteiger partial charge is 0.263 e. The van der Waals surface area contributed by atoms with Crippen molar-refractivity contribution in [1.82, 2.24) is 19.6 Å². The lowest BCUT2D eigenvalue weighted by Crippen LogP contribution is -2.15. The normalized spacial score (nSPS) is 11.2. The highest BCUT2D eigenvalue weighted by Gasteiger charge is 2.19. The van der Waals surface area contributed by atoms with E-state index >= 15 is 0 Å². The van der Waals surface area contributed by atoms with Crippen LogP contribution in [0.1, 0.15) is 16.2 Å². The van der Waals surface area contributed by atoms with E-state index in [0.717, 1.165) is 0 Å². The van der Waals surface area contributed by atoms with Gasteiger partial charge in [0, 0.05) is 12.1 Å². The highest BCUT2D eigenvalue weighted by atomic mass is 32.2. The van der Waals surface area contributed by atoms with Crippen molar-refractivity contribution < 1.29 is 26.7 Å². The highest BCUT2D eigenvalue weighted by Crippen LogP contribution is 2.22. The molecule has 0 unspecified atom stereocenters. The van der Waals surface area contributed by atoms with Gasteiger partial charge in [-0.3, -0.25) is 14.2 Å². The van der Waals surface area contributed by atoms with Crippen molar-refractivity contribution in [2.75, 3.05) is 9.44 Å². The van der Waals surface area contributed by atoms with Crippen molar-refractivity contribution >= 4 is 38.0 Å². The Morgan fingerprint density at radius 3 is 1.39 bits per heavy atom. The minimum absolute atomic E-state index is 0.133. The van der Waals surface area contributed by atoms with Crippen molar-refractivity contribution in [3.05, 3.63) is 145 Å². The highest BCUT2D eigenvalue weighted by molar-refractivity contribution is 7.93. The predicted octanol–water partition coefficient (Wildman–Crippen LogP) is 4.65. The van der Waals surface area contributed by atoms with Crippen LogP contribution in [0.5, 0.6) is 0 Å². The summed E-state index contributed by atoms with van der Waals surface area (Å²) in [7, 11) is -7.50. The molecule has 0 saturated heterocycles. The van der Waals surface area contributed by atoms with Gasteiger partial charge in [0.1, 0.15) is 17.3 Å². The Morgan fingerprint density at radius 1 is 0.587 bits per heavy atom. The summed E-state index contributed by atoms with van der Waals surface area (Å²) in [5.41, 5.74) is 1.85. The molecule has 3 N–H and O–H groups in total. The molecule has 6 aromatic rings. The number of rotatable bonds is 10. The fraction of sp³-hybridized carbons (Fsp3) is 0.0312. The van der Waals surface area contributed by atoms with E-state index in [2.05, 4.69) is 19.6 Å². The summed E-state index contributed by atoms with van der Waals surface area (Å²) in [4.78, 5) is 11.3. The van der Waals surface area contributed by atoms with E-state index in [0.29, 0.717) is 23.4 Å². The molecule has 0 aliphatic rings. The molecule has 6 rings (SSSR count). The first kappa shape index (κ1) is 31.8. The number of nitrogens with one attached hydrogen (secondary N) is 2. The molecule has 14 heteroatoms. The molecule has 0 atom stereocenters. The Morgan fingerprint density at radius 2 is 0.978 bits per heavy atom. The zero-order valence-electron chi connectivity index (χ0n) is 24.1. The number of benzene rings is 4. The molecule has 0 radical (unpaired) electrons. The van der Waals surface area contributed by atoms with Gasteiger partial charge in [0.2, 0.25) is 0 Å². The van der Waals surface area contributed by atoms with Crippen LogP contribution in [0.25, 0.3) is 11.4 Å². The average Bonchev–Trinajstić information content (AvgIpc) is 3.69. The van der Waals surface area contributed by atoms with Gasteiger partial charge in [0.25, 0.3) is 20.0 Å². The molecule has 234 valence electrons. The summed E-state index contributed by atoms with van der Waals surface area (Å²) in [5, 5.41) is 17.6. The molecule has 46 heavy (non-hydrogen) atoms. The fourth-order valence-corrected chi connectivity index (χ4v) is 6.34. The Hall–Kier alpha value is -5.57. The fourth-order valence-electron chi connectivity index (χ4n) is 4.23. The number of sulfonamides is 2. The molecule has 0 bridgehead atoms. The van der Waals surface area contributed by atoms with Gasteiger partial charge in [0.15, 0.2) is 6.29 Å². The SMILES string of the molecule is O=Cc1cc(NS(=O)(=O)c2ccccc2)n(-c2ccccc2)n1.O=S(=O)(Nc1cc(CO)nn1-c1ccccc1)c1ccccc1. The molecule has 12 nitrogen and oxygen atoms in total. The van der Waals surface area contributed by atoms with E-state index in [9.17, 15) is 26.7 Å². The van der Waals surface area contributed by atoms with Gasteiger partial charge < -0.3 is 5.11 Å². The number of hydrogen-bond acceptors (Lipinski definition) is 8. The van der Waals surface area contributed by atoms with Gasteiger partial charge in [-0.15, -0.1) is 0 Å². The number of carbonyl (C=O) groups excluding carboxylic acids is 1. The number of aliphatic hydroxyl groups excluding tert-OH is 1. The number of aldehydes is 1. The largest absolute Gasteiger partial charge is 0.390 e. The van der Waals surface area contributed by atoms with Gasteiger partial charge in [0.05, 0.1) is 33.5 Å².